The second kappa shape index (κ2) is 8.05. The van der Waals surface area contributed by atoms with Crippen LogP contribution in [0, 0.1) is 45.3 Å². The number of carbonyl (C=O) groups is 3. The van der Waals surface area contributed by atoms with Crippen molar-refractivity contribution in [1.29, 1.82) is 0 Å². The second-order valence-corrected chi connectivity index (χ2v) is 13.2. The predicted octanol–water partition coefficient (Wildman–Crippen LogP) is 4.95. The standard InChI is InChI=1S/C27H41ClO5/c1-15-11-20-19-8-7-17-12-18(29)9-10-24(17,3)27(19,6)21(30)13-25(20,4)26(15,5)22(31)14-33-23(32)16(2)28/h15-17,19-21,30H,7-14H2,1-6H3/t15-,16?,17?,19?,20?,21-,24?,25?,26-,27?/m0/s1. The van der Waals surface area contributed by atoms with Crippen molar-refractivity contribution in [2.45, 2.75) is 98.0 Å². The monoisotopic (exact) mass is 480 g/mol. The number of aliphatic hydroxyl groups is 1. The summed E-state index contributed by atoms with van der Waals surface area (Å²) in [6.07, 6.45) is 5.09. The van der Waals surface area contributed by atoms with Crippen molar-refractivity contribution in [2.75, 3.05) is 6.61 Å². The van der Waals surface area contributed by atoms with Gasteiger partial charge in [0.05, 0.1) is 6.10 Å². The molecule has 7 unspecified atom stereocenters. The number of Topliss-reactive ketones (excluding diaryl/α,β-unsaturated/α-hetero) is 2. The third-order valence-electron chi connectivity index (χ3n) is 11.8. The van der Waals surface area contributed by atoms with Crippen molar-refractivity contribution in [3.63, 3.8) is 0 Å². The molecule has 0 radical (unpaired) electrons. The van der Waals surface area contributed by atoms with E-state index in [-0.39, 0.29) is 34.6 Å². The summed E-state index contributed by atoms with van der Waals surface area (Å²) < 4.78 is 5.25. The third-order valence-corrected chi connectivity index (χ3v) is 11.9. The lowest BCUT2D eigenvalue weighted by Gasteiger charge is -2.68. The smallest absolute Gasteiger partial charge is 0.324 e. The Balaban J connectivity index is 1.67. The molecule has 4 rings (SSSR count). The van der Waals surface area contributed by atoms with Crippen molar-refractivity contribution in [3.8, 4) is 0 Å². The first kappa shape index (κ1) is 25.2. The number of esters is 1. The van der Waals surface area contributed by atoms with Gasteiger partial charge in [0.1, 0.15) is 11.2 Å². The number of carbonyl (C=O) groups excluding carboxylic acids is 3. The molecular weight excluding hydrogens is 440 g/mol. The summed E-state index contributed by atoms with van der Waals surface area (Å²) >= 11 is 5.82. The normalized spacial score (nSPS) is 50.1. The van der Waals surface area contributed by atoms with Gasteiger partial charge in [-0.3, -0.25) is 14.4 Å². The van der Waals surface area contributed by atoms with Crippen molar-refractivity contribution >= 4 is 29.1 Å². The molecule has 4 aliphatic carbocycles. The highest BCUT2D eigenvalue weighted by atomic mass is 35.5. The zero-order chi connectivity index (χ0) is 24.6. The molecule has 4 fully saturated rings. The van der Waals surface area contributed by atoms with Crippen LogP contribution in [0.2, 0.25) is 0 Å². The second-order valence-electron chi connectivity index (χ2n) is 12.6. The van der Waals surface area contributed by atoms with Crippen molar-refractivity contribution < 1.29 is 24.2 Å². The molecule has 0 aromatic rings. The molecule has 0 saturated heterocycles. The van der Waals surface area contributed by atoms with E-state index in [1.54, 1.807) is 6.92 Å². The molecule has 33 heavy (non-hydrogen) atoms. The molecule has 0 aromatic carbocycles. The number of aliphatic hydroxyl groups excluding tert-OH is 1. The van der Waals surface area contributed by atoms with Crippen LogP contribution in [0.3, 0.4) is 0 Å². The molecule has 10 atom stereocenters. The summed E-state index contributed by atoms with van der Waals surface area (Å²) in [7, 11) is 0. The van der Waals surface area contributed by atoms with Crippen LogP contribution in [-0.2, 0) is 19.1 Å². The zero-order valence-electron chi connectivity index (χ0n) is 21.1. The fraction of sp³-hybridized carbons (Fsp3) is 0.889. The van der Waals surface area contributed by atoms with Crippen LogP contribution in [-0.4, -0.2) is 40.7 Å². The number of ketones is 2. The van der Waals surface area contributed by atoms with Crippen LogP contribution >= 0.6 is 11.6 Å². The van der Waals surface area contributed by atoms with E-state index in [1.807, 2.05) is 6.92 Å². The molecule has 0 amide bonds. The van der Waals surface area contributed by atoms with Gasteiger partial charge in [0, 0.05) is 23.7 Å². The number of ether oxygens (including phenoxy) is 1. The Labute approximate surface area is 203 Å². The van der Waals surface area contributed by atoms with Crippen LogP contribution in [0.4, 0.5) is 0 Å². The first-order chi connectivity index (χ1) is 15.2. The molecule has 0 heterocycles. The molecule has 5 nitrogen and oxygen atoms in total. The number of hydrogen-bond acceptors (Lipinski definition) is 5. The summed E-state index contributed by atoms with van der Waals surface area (Å²) in [6, 6.07) is 0. The highest BCUT2D eigenvalue weighted by Gasteiger charge is 2.73. The quantitative estimate of drug-likeness (QED) is 0.454. The van der Waals surface area contributed by atoms with E-state index in [1.165, 1.54) is 0 Å². The van der Waals surface area contributed by atoms with Crippen LogP contribution in [0.25, 0.3) is 0 Å². The maximum absolute atomic E-state index is 13.6. The van der Waals surface area contributed by atoms with Crippen LogP contribution < -0.4 is 0 Å². The molecule has 0 spiro atoms. The molecular formula is C27H41ClO5. The fourth-order valence-electron chi connectivity index (χ4n) is 9.09. The van der Waals surface area contributed by atoms with E-state index in [9.17, 15) is 19.5 Å². The van der Waals surface area contributed by atoms with Crippen molar-refractivity contribution in [2.24, 2.45) is 45.3 Å². The summed E-state index contributed by atoms with van der Waals surface area (Å²) in [5, 5.41) is 11.1. The third kappa shape index (κ3) is 3.23. The lowest BCUT2D eigenvalue weighted by atomic mass is 9.36. The Morgan fingerprint density at radius 2 is 1.82 bits per heavy atom. The highest BCUT2D eigenvalue weighted by Crippen LogP contribution is 2.75. The molecule has 1 N–H and O–H groups in total. The molecule has 6 heteroatoms. The SMILES string of the molecule is CC(Cl)C(=O)OCC(=O)[C@]1(C)[C@@H](C)CC2C3CCC4CC(=O)CCC4(C)C3(C)[C@@H](O)CC21C. The average Bonchev–Trinajstić information content (AvgIpc) is 2.94. The maximum Gasteiger partial charge on any atom is 0.324 e. The first-order valence-electron chi connectivity index (χ1n) is 12.8. The topological polar surface area (TPSA) is 80.7 Å². The van der Waals surface area contributed by atoms with E-state index >= 15 is 0 Å². The zero-order valence-corrected chi connectivity index (χ0v) is 21.8. The Morgan fingerprint density at radius 1 is 1.15 bits per heavy atom. The van der Waals surface area contributed by atoms with Gasteiger partial charge in [-0.15, -0.1) is 11.6 Å². The summed E-state index contributed by atoms with van der Waals surface area (Å²) in [5.41, 5.74) is -1.39. The van der Waals surface area contributed by atoms with Gasteiger partial charge in [-0.05, 0) is 73.5 Å². The van der Waals surface area contributed by atoms with E-state index in [0.29, 0.717) is 42.8 Å². The molecule has 4 aliphatic rings. The molecule has 186 valence electrons. The van der Waals surface area contributed by atoms with Gasteiger partial charge >= 0.3 is 5.97 Å². The Bertz CT molecular complexity index is 855. The average molecular weight is 481 g/mol. The van der Waals surface area contributed by atoms with Gasteiger partial charge in [-0.25, -0.2) is 0 Å². The Hall–Kier alpha value is -0.940. The Kier molecular flexibility index (Phi) is 6.14. The number of alkyl halides is 1. The lowest BCUT2D eigenvalue weighted by molar-refractivity contribution is -0.234. The summed E-state index contributed by atoms with van der Waals surface area (Å²) in [4.78, 5) is 37.8. The number of fused-ring (bicyclic) bond motifs is 5. The minimum absolute atomic E-state index is 0.0652. The van der Waals surface area contributed by atoms with Crippen molar-refractivity contribution in [3.05, 3.63) is 0 Å². The molecule has 0 aliphatic heterocycles. The largest absolute Gasteiger partial charge is 0.457 e. The van der Waals surface area contributed by atoms with Gasteiger partial charge in [0.15, 0.2) is 12.4 Å². The molecule has 0 aromatic heterocycles. The van der Waals surface area contributed by atoms with Crippen LogP contribution in [0.5, 0.6) is 0 Å². The predicted molar refractivity (Wildman–Crippen MR) is 127 cm³/mol. The van der Waals surface area contributed by atoms with E-state index < -0.39 is 22.9 Å². The van der Waals surface area contributed by atoms with Crippen LogP contribution in [0.1, 0.15) is 86.5 Å². The van der Waals surface area contributed by atoms with Gasteiger partial charge in [-0.1, -0.05) is 34.6 Å². The molecule has 0 bridgehead atoms. The first-order valence-corrected chi connectivity index (χ1v) is 13.2. The summed E-state index contributed by atoms with van der Waals surface area (Å²) in [5.74, 6) is 0.808. The summed E-state index contributed by atoms with van der Waals surface area (Å²) in [6.45, 7) is 12.2. The van der Waals surface area contributed by atoms with Gasteiger partial charge in [0.25, 0.3) is 0 Å². The van der Waals surface area contributed by atoms with Crippen LogP contribution in [0.15, 0.2) is 0 Å². The number of rotatable bonds is 4. The maximum atomic E-state index is 13.6. The van der Waals surface area contributed by atoms with Gasteiger partial charge in [-0.2, -0.15) is 0 Å². The minimum Gasteiger partial charge on any atom is -0.457 e. The number of hydrogen-bond donors (Lipinski definition) is 1. The number of halogens is 1. The molecule has 4 saturated carbocycles. The lowest BCUT2D eigenvalue weighted by Crippen LogP contribution is -2.66. The Morgan fingerprint density at radius 3 is 2.45 bits per heavy atom. The highest BCUT2D eigenvalue weighted by molar-refractivity contribution is 6.29. The van der Waals surface area contributed by atoms with Gasteiger partial charge < -0.3 is 9.84 Å². The van der Waals surface area contributed by atoms with Gasteiger partial charge in [0.2, 0.25) is 0 Å². The van der Waals surface area contributed by atoms with E-state index in [4.69, 9.17) is 16.3 Å². The van der Waals surface area contributed by atoms with E-state index in [2.05, 4.69) is 27.7 Å². The van der Waals surface area contributed by atoms with E-state index in [0.717, 1.165) is 25.7 Å². The fourth-order valence-corrected chi connectivity index (χ4v) is 9.15. The minimum atomic E-state index is -0.787. The van der Waals surface area contributed by atoms with Crippen molar-refractivity contribution in [1.82, 2.24) is 0 Å².